The number of hydrogen-bond donors (Lipinski definition) is 3. The summed E-state index contributed by atoms with van der Waals surface area (Å²) >= 11 is 0. The van der Waals surface area contributed by atoms with Crippen molar-refractivity contribution in [3.63, 3.8) is 0 Å². The molecule has 1 saturated heterocycles. The van der Waals surface area contributed by atoms with Gasteiger partial charge in [-0.25, -0.2) is 19.9 Å². The number of aromatic amines is 1. The minimum Gasteiger partial charge on any atom is -0.395 e. The number of anilines is 3. The first-order valence-corrected chi connectivity index (χ1v) is 11.2. The van der Waals surface area contributed by atoms with Gasteiger partial charge in [-0.2, -0.15) is 0 Å². The molecule has 0 amide bonds. The fourth-order valence-corrected chi connectivity index (χ4v) is 4.23. The van der Waals surface area contributed by atoms with Crippen molar-refractivity contribution < 1.29 is 5.11 Å². The molecule has 9 heteroatoms. The summed E-state index contributed by atoms with van der Waals surface area (Å²) in [6.07, 6.45) is 1.79. The number of fused-ring (bicyclic) bond motifs is 1. The van der Waals surface area contributed by atoms with Crippen LogP contribution in [0.15, 0.2) is 42.6 Å². The van der Waals surface area contributed by atoms with E-state index in [4.69, 9.17) is 10.1 Å². The van der Waals surface area contributed by atoms with Gasteiger partial charge in [-0.1, -0.05) is 24.3 Å². The summed E-state index contributed by atoms with van der Waals surface area (Å²) < 4.78 is 0. The number of piperazine rings is 1. The number of rotatable bonds is 6. The molecule has 0 saturated carbocycles. The fraction of sp³-hybridized carbons (Fsp3) is 0.333. The van der Waals surface area contributed by atoms with E-state index in [0.29, 0.717) is 24.1 Å². The number of aliphatic hydroxyl groups excluding tert-OH is 1. The SMILES string of the molecule is Cc1nc(Nc2ncc3[nH]c(-c4ccccc4C)cc3n2)cc(N2CCN(CCO)CC2)n1. The van der Waals surface area contributed by atoms with Gasteiger partial charge < -0.3 is 20.3 Å². The molecule has 0 radical (unpaired) electrons. The Labute approximate surface area is 192 Å². The number of aryl methyl sites for hydroxylation is 2. The van der Waals surface area contributed by atoms with Crippen molar-refractivity contribution >= 4 is 28.6 Å². The molecule has 0 unspecified atom stereocenters. The summed E-state index contributed by atoms with van der Waals surface area (Å²) in [7, 11) is 0. The summed E-state index contributed by atoms with van der Waals surface area (Å²) in [4.78, 5) is 26.2. The molecule has 170 valence electrons. The molecule has 1 aliphatic heterocycles. The Bertz CT molecular complexity index is 1260. The second-order valence-corrected chi connectivity index (χ2v) is 8.33. The second-order valence-electron chi connectivity index (χ2n) is 8.33. The van der Waals surface area contributed by atoms with E-state index < -0.39 is 0 Å². The fourth-order valence-electron chi connectivity index (χ4n) is 4.23. The predicted molar refractivity (Wildman–Crippen MR) is 130 cm³/mol. The molecule has 3 aromatic heterocycles. The molecular formula is C24H28N8O. The highest BCUT2D eigenvalue weighted by molar-refractivity contribution is 5.83. The van der Waals surface area contributed by atoms with Crippen LogP contribution >= 0.6 is 0 Å². The van der Waals surface area contributed by atoms with Gasteiger partial charge in [-0.05, 0) is 25.5 Å². The van der Waals surface area contributed by atoms with Crippen molar-refractivity contribution in [1.82, 2.24) is 29.8 Å². The first-order chi connectivity index (χ1) is 16.1. The van der Waals surface area contributed by atoms with E-state index in [1.54, 1.807) is 6.20 Å². The third-order valence-corrected chi connectivity index (χ3v) is 5.98. The van der Waals surface area contributed by atoms with Crippen LogP contribution in [0.25, 0.3) is 22.3 Å². The van der Waals surface area contributed by atoms with Gasteiger partial charge in [0.05, 0.1) is 23.8 Å². The average Bonchev–Trinajstić information content (AvgIpc) is 3.23. The quantitative estimate of drug-likeness (QED) is 0.417. The average molecular weight is 445 g/mol. The van der Waals surface area contributed by atoms with Gasteiger partial charge in [0.2, 0.25) is 5.95 Å². The number of aliphatic hydroxyl groups is 1. The second kappa shape index (κ2) is 9.13. The van der Waals surface area contributed by atoms with E-state index >= 15 is 0 Å². The van der Waals surface area contributed by atoms with E-state index in [2.05, 4.69) is 54.1 Å². The Morgan fingerprint density at radius 1 is 1.03 bits per heavy atom. The van der Waals surface area contributed by atoms with Gasteiger partial charge in [0.25, 0.3) is 0 Å². The van der Waals surface area contributed by atoms with E-state index in [1.165, 1.54) is 5.56 Å². The third kappa shape index (κ3) is 4.64. The number of nitrogens with one attached hydrogen (secondary N) is 2. The lowest BCUT2D eigenvalue weighted by molar-refractivity contribution is 0.188. The molecule has 1 aliphatic rings. The van der Waals surface area contributed by atoms with Crippen LogP contribution in [0.1, 0.15) is 11.4 Å². The molecule has 33 heavy (non-hydrogen) atoms. The van der Waals surface area contributed by atoms with Crippen LogP contribution in [0.5, 0.6) is 0 Å². The molecule has 0 atom stereocenters. The molecule has 0 bridgehead atoms. The highest BCUT2D eigenvalue weighted by Crippen LogP contribution is 2.26. The zero-order valence-electron chi connectivity index (χ0n) is 18.9. The first kappa shape index (κ1) is 21.3. The van der Waals surface area contributed by atoms with Gasteiger partial charge >= 0.3 is 0 Å². The van der Waals surface area contributed by atoms with Crippen molar-refractivity contribution in [2.24, 2.45) is 0 Å². The highest BCUT2D eigenvalue weighted by Gasteiger charge is 2.19. The maximum Gasteiger partial charge on any atom is 0.229 e. The van der Waals surface area contributed by atoms with E-state index in [1.807, 2.05) is 31.2 Å². The van der Waals surface area contributed by atoms with Crippen molar-refractivity contribution in [2.75, 3.05) is 49.5 Å². The topological polar surface area (TPSA) is 106 Å². The number of aromatic nitrogens is 5. The largest absolute Gasteiger partial charge is 0.395 e. The lowest BCUT2D eigenvalue weighted by atomic mass is 10.1. The summed E-state index contributed by atoms with van der Waals surface area (Å²) in [5.41, 5.74) is 5.11. The molecule has 9 nitrogen and oxygen atoms in total. The number of hydrogen-bond acceptors (Lipinski definition) is 8. The first-order valence-electron chi connectivity index (χ1n) is 11.2. The van der Waals surface area contributed by atoms with Crippen molar-refractivity contribution in [1.29, 1.82) is 0 Å². The van der Waals surface area contributed by atoms with Crippen molar-refractivity contribution in [2.45, 2.75) is 13.8 Å². The zero-order valence-corrected chi connectivity index (χ0v) is 18.9. The Balaban J connectivity index is 1.36. The Morgan fingerprint density at radius 3 is 2.64 bits per heavy atom. The lowest BCUT2D eigenvalue weighted by Crippen LogP contribution is -2.47. The third-order valence-electron chi connectivity index (χ3n) is 5.98. The summed E-state index contributed by atoms with van der Waals surface area (Å²) in [5.74, 6) is 2.74. The van der Waals surface area contributed by atoms with Crippen LogP contribution in [-0.2, 0) is 0 Å². The maximum atomic E-state index is 9.15. The van der Waals surface area contributed by atoms with E-state index in [9.17, 15) is 0 Å². The number of β-amino-alcohol motifs (C(OH)–C–C–N with tert-alkyl or cyclic N) is 1. The zero-order chi connectivity index (χ0) is 22.8. The molecule has 3 N–H and O–H groups in total. The van der Waals surface area contributed by atoms with Crippen LogP contribution < -0.4 is 10.2 Å². The summed E-state index contributed by atoms with van der Waals surface area (Å²) in [6.45, 7) is 8.44. The van der Waals surface area contributed by atoms with Gasteiger partial charge in [0, 0.05) is 50.0 Å². The van der Waals surface area contributed by atoms with Crippen LogP contribution in [0, 0.1) is 13.8 Å². The normalized spacial score (nSPS) is 14.7. The molecule has 4 heterocycles. The lowest BCUT2D eigenvalue weighted by Gasteiger charge is -2.35. The molecule has 0 spiro atoms. The molecule has 5 rings (SSSR count). The van der Waals surface area contributed by atoms with Gasteiger partial charge in [-0.15, -0.1) is 0 Å². The smallest absolute Gasteiger partial charge is 0.229 e. The molecule has 0 aliphatic carbocycles. The van der Waals surface area contributed by atoms with Crippen LogP contribution in [0.4, 0.5) is 17.6 Å². The van der Waals surface area contributed by atoms with E-state index in [0.717, 1.165) is 54.3 Å². The Kier molecular flexibility index (Phi) is 5.89. The predicted octanol–water partition coefficient (Wildman–Crippen LogP) is 2.89. The van der Waals surface area contributed by atoms with Crippen LogP contribution in [0.2, 0.25) is 0 Å². The minimum absolute atomic E-state index is 0.193. The standard InChI is InChI=1S/C24H28N8O/c1-16-5-3-4-6-18(16)19-13-20-21(28-19)15-25-24(29-20)30-22-14-23(27-17(2)26-22)32-9-7-31(8-10-32)11-12-33/h3-6,13-15,28,33H,7-12H2,1-2H3,(H,25,26,27,29,30). The maximum absolute atomic E-state index is 9.15. The van der Waals surface area contributed by atoms with Gasteiger partial charge in [0.15, 0.2) is 0 Å². The van der Waals surface area contributed by atoms with Crippen LogP contribution in [-0.4, -0.2) is 74.3 Å². The van der Waals surface area contributed by atoms with Crippen LogP contribution in [0.3, 0.4) is 0 Å². The monoisotopic (exact) mass is 444 g/mol. The number of H-pyrrole nitrogens is 1. The number of benzene rings is 1. The van der Waals surface area contributed by atoms with Crippen molar-refractivity contribution in [3.8, 4) is 11.3 Å². The van der Waals surface area contributed by atoms with Gasteiger partial charge in [-0.3, -0.25) is 4.90 Å². The highest BCUT2D eigenvalue weighted by atomic mass is 16.3. The van der Waals surface area contributed by atoms with E-state index in [-0.39, 0.29) is 6.61 Å². The van der Waals surface area contributed by atoms with Crippen molar-refractivity contribution in [3.05, 3.63) is 54.0 Å². The Hall–Kier alpha value is -3.56. The molecule has 1 fully saturated rings. The van der Waals surface area contributed by atoms with Gasteiger partial charge in [0.1, 0.15) is 17.5 Å². The molecule has 1 aromatic carbocycles. The number of nitrogens with zero attached hydrogens (tertiary/aromatic N) is 6. The Morgan fingerprint density at radius 2 is 1.85 bits per heavy atom. The summed E-state index contributed by atoms with van der Waals surface area (Å²) in [6, 6.07) is 12.3. The minimum atomic E-state index is 0.193. The molecule has 4 aromatic rings. The molecular weight excluding hydrogens is 416 g/mol. The summed E-state index contributed by atoms with van der Waals surface area (Å²) in [5, 5.41) is 12.4.